The summed E-state index contributed by atoms with van der Waals surface area (Å²) in [5.41, 5.74) is 0. The minimum absolute atomic E-state index is 0.480. The lowest BCUT2D eigenvalue weighted by Crippen LogP contribution is -2.09. The molecule has 3 heteroatoms. The van der Waals surface area contributed by atoms with Gasteiger partial charge in [-0.15, -0.1) is 0 Å². The normalized spacial score (nSPS) is 40.7. The SMILES string of the molecule is O=C1CC2CN(P)CC2C1. The van der Waals surface area contributed by atoms with Crippen molar-refractivity contribution in [1.29, 1.82) is 0 Å². The molecule has 2 rings (SSSR count). The van der Waals surface area contributed by atoms with E-state index in [-0.39, 0.29) is 0 Å². The summed E-state index contributed by atoms with van der Waals surface area (Å²) in [5.74, 6) is 1.85. The van der Waals surface area contributed by atoms with Crippen LogP contribution in [-0.4, -0.2) is 23.5 Å². The van der Waals surface area contributed by atoms with E-state index in [0.29, 0.717) is 17.6 Å². The van der Waals surface area contributed by atoms with Crippen molar-refractivity contribution in [2.24, 2.45) is 11.8 Å². The molecule has 1 aliphatic heterocycles. The monoisotopic (exact) mass is 157 g/mol. The van der Waals surface area contributed by atoms with Gasteiger partial charge in [0.2, 0.25) is 0 Å². The summed E-state index contributed by atoms with van der Waals surface area (Å²) in [6, 6.07) is 0. The van der Waals surface area contributed by atoms with Crippen molar-refractivity contribution in [1.82, 2.24) is 4.67 Å². The second kappa shape index (κ2) is 2.28. The topological polar surface area (TPSA) is 20.3 Å². The summed E-state index contributed by atoms with van der Waals surface area (Å²) >= 11 is 0. The molecule has 0 N–H and O–H groups in total. The smallest absolute Gasteiger partial charge is 0.133 e. The van der Waals surface area contributed by atoms with E-state index in [9.17, 15) is 4.79 Å². The highest BCUT2D eigenvalue weighted by Crippen LogP contribution is 2.36. The predicted octanol–water partition coefficient (Wildman–Crippen LogP) is 0.687. The Balaban J connectivity index is 2.06. The molecule has 1 aliphatic carbocycles. The molecule has 3 unspecified atom stereocenters. The molecule has 0 radical (unpaired) electrons. The van der Waals surface area contributed by atoms with Gasteiger partial charge >= 0.3 is 0 Å². The number of hydrogen-bond donors (Lipinski definition) is 0. The summed E-state index contributed by atoms with van der Waals surface area (Å²) < 4.78 is 2.25. The largest absolute Gasteiger partial charge is 0.300 e. The summed E-state index contributed by atoms with van der Waals surface area (Å²) in [5, 5.41) is 0. The summed E-state index contributed by atoms with van der Waals surface area (Å²) in [4.78, 5) is 10.9. The van der Waals surface area contributed by atoms with Gasteiger partial charge < -0.3 is 0 Å². The molecule has 0 spiro atoms. The van der Waals surface area contributed by atoms with E-state index in [4.69, 9.17) is 0 Å². The van der Waals surface area contributed by atoms with Crippen LogP contribution in [0, 0.1) is 11.8 Å². The third-order valence-electron chi connectivity index (χ3n) is 2.58. The van der Waals surface area contributed by atoms with Crippen LogP contribution in [0.1, 0.15) is 12.8 Å². The number of carbonyl (C=O) groups excluding carboxylic acids is 1. The van der Waals surface area contributed by atoms with Crippen LogP contribution in [0.5, 0.6) is 0 Å². The standard InChI is InChI=1S/C7H12NOP/c9-7-1-5-3-8(10)4-6(5)2-7/h5-6H,1-4,10H2. The first-order valence-corrected chi connectivity index (χ1v) is 4.28. The Hall–Kier alpha value is 0.0600. The lowest BCUT2D eigenvalue weighted by molar-refractivity contribution is -0.117. The highest BCUT2D eigenvalue weighted by molar-refractivity contribution is 7.13. The van der Waals surface area contributed by atoms with Gasteiger partial charge in [0.05, 0.1) is 0 Å². The van der Waals surface area contributed by atoms with Crippen molar-refractivity contribution in [3.63, 3.8) is 0 Å². The van der Waals surface area contributed by atoms with Gasteiger partial charge in [-0.25, -0.2) is 0 Å². The van der Waals surface area contributed by atoms with Gasteiger partial charge in [0.1, 0.15) is 5.78 Å². The zero-order valence-electron chi connectivity index (χ0n) is 5.92. The van der Waals surface area contributed by atoms with E-state index in [0.717, 1.165) is 25.9 Å². The van der Waals surface area contributed by atoms with E-state index < -0.39 is 0 Å². The Morgan fingerprint density at radius 3 is 2.30 bits per heavy atom. The molecule has 1 saturated heterocycles. The third-order valence-corrected chi connectivity index (χ3v) is 3.01. The van der Waals surface area contributed by atoms with E-state index in [2.05, 4.69) is 14.1 Å². The fraction of sp³-hybridized carbons (Fsp3) is 0.857. The van der Waals surface area contributed by atoms with Crippen molar-refractivity contribution < 1.29 is 4.79 Å². The van der Waals surface area contributed by atoms with Crippen LogP contribution in [0.2, 0.25) is 0 Å². The predicted molar refractivity (Wildman–Crippen MR) is 42.5 cm³/mol. The average molecular weight is 157 g/mol. The molecular formula is C7H12NOP. The molecule has 2 fully saturated rings. The van der Waals surface area contributed by atoms with Crippen molar-refractivity contribution in [3.8, 4) is 0 Å². The number of carbonyl (C=O) groups is 1. The van der Waals surface area contributed by atoms with Crippen molar-refractivity contribution in [3.05, 3.63) is 0 Å². The van der Waals surface area contributed by atoms with Crippen molar-refractivity contribution in [2.45, 2.75) is 12.8 Å². The number of Topliss-reactive ketones (excluding diaryl/α,β-unsaturated/α-hetero) is 1. The van der Waals surface area contributed by atoms with Gasteiger partial charge in [-0.05, 0) is 11.8 Å². The quantitative estimate of drug-likeness (QED) is 0.482. The molecular weight excluding hydrogens is 145 g/mol. The maximum Gasteiger partial charge on any atom is 0.133 e. The van der Waals surface area contributed by atoms with Crippen molar-refractivity contribution in [2.75, 3.05) is 13.1 Å². The lowest BCUT2D eigenvalue weighted by Gasteiger charge is -2.06. The Bertz CT molecular complexity index is 155. The first-order chi connectivity index (χ1) is 4.75. The van der Waals surface area contributed by atoms with Crippen LogP contribution in [0.4, 0.5) is 0 Å². The molecule has 0 aromatic carbocycles. The van der Waals surface area contributed by atoms with Crippen LogP contribution >= 0.6 is 9.39 Å². The minimum atomic E-state index is 0.480. The first-order valence-electron chi connectivity index (χ1n) is 3.77. The molecule has 0 amide bonds. The third kappa shape index (κ3) is 0.998. The summed E-state index contributed by atoms with van der Waals surface area (Å²) in [6.45, 7) is 2.22. The molecule has 1 heterocycles. The molecule has 2 nitrogen and oxygen atoms in total. The van der Waals surface area contributed by atoms with Gasteiger partial charge in [-0.2, -0.15) is 0 Å². The first kappa shape index (κ1) is 6.75. The summed E-state index contributed by atoms with van der Waals surface area (Å²) in [7, 11) is 2.72. The van der Waals surface area contributed by atoms with Gasteiger partial charge in [0.25, 0.3) is 0 Å². The second-order valence-electron chi connectivity index (χ2n) is 3.42. The van der Waals surface area contributed by atoms with E-state index in [1.54, 1.807) is 0 Å². The number of hydrogen-bond acceptors (Lipinski definition) is 2. The molecule has 0 aromatic rings. The Morgan fingerprint density at radius 2 is 1.80 bits per heavy atom. The van der Waals surface area contributed by atoms with Crippen LogP contribution in [0.25, 0.3) is 0 Å². The van der Waals surface area contributed by atoms with Gasteiger partial charge in [0, 0.05) is 25.9 Å². The van der Waals surface area contributed by atoms with Crippen LogP contribution < -0.4 is 0 Å². The van der Waals surface area contributed by atoms with E-state index >= 15 is 0 Å². The lowest BCUT2D eigenvalue weighted by atomic mass is 10.0. The van der Waals surface area contributed by atoms with Crippen LogP contribution in [0.15, 0.2) is 0 Å². The fourth-order valence-electron chi connectivity index (χ4n) is 2.11. The molecule has 10 heavy (non-hydrogen) atoms. The van der Waals surface area contributed by atoms with Gasteiger partial charge in [-0.3, -0.25) is 9.46 Å². The Kier molecular flexibility index (Phi) is 1.54. The zero-order chi connectivity index (χ0) is 7.14. The highest BCUT2D eigenvalue weighted by atomic mass is 31.0. The number of ketones is 1. The Morgan fingerprint density at radius 1 is 1.30 bits per heavy atom. The van der Waals surface area contributed by atoms with Crippen LogP contribution in [0.3, 0.4) is 0 Å². The maximum atomic E-state index is 10.9. The summed E-state index contributed by atoms with van der Waals surface area (Å²) in [6.07, 6.45) is 1.69. The van der Waals surface area contributed by atoms with Crippen LogP contribution in [-0.2, 0) is 4.79 Å². The fourth-order valence-corrected chi connectivity index (χ4v) is 2.65. The molecule has 3 atom stereocenters. The molecule has 0 bridgehead atoms. The molecule has 1 saturated carbocycles. The highest BCUT2D eigenvalue weighted by Gasteiger charge is 2.38. The number of fused-ring (bicyclic) bond motifs is 1. The minimum Gasteiger partial charge on any atom is -0.300 e. The molecule has 0 aromatic heterocycles. The van der Waals surface area contributed by atoms with Gasteiger partial charge in [0.15, 0.2) is 0 Å². The number of nitrogens with zero attached hydrogens (tertiary/aromatic N) is 1. The van der Waals surface area contributed by atoms with E-state index in [1.807, 2.05) is 0 Å². The van der Waals surface area contributed by atoms with Crippen molar-refractivity contribution >= 4 is 15.2 Å². The maximum absolute atomic E-state index is 10.9. The molecule has 2 aliphatic rings. The zero-order valence-corrected chi connectivity index (χ0v) is 7.07. The molecule has 56 valence electrons. The Labute approximate surface area is 63.2 Å². The van der Waals surface area contributed by atoms with E-state index in [1.165, 1.54) is 0 Å². The average Bonchev–Trinajstić information content (AvgIpc) is 2.21. The number of rotatable bonds is 0. The van der Waals surface area contributed by atoms with Gasteiger partial charge in [-0.1, -0.05) is 9.39 Å². The second-order valence-corrected chi connectivity index (χ2v) is 4.15.